The van der Waals surface area contributed by atoms with E-state index in [2.05, 4.69) is 39.5 Å². The summed E-state index contributed by atoms with van der Waals surface area (Å²) in [4.78, 5) is 2.46. The quantitative estimate of drug-likeness (QED) is 0.663. The second kappa shape index (κ2) is 3.09. The predicted octanol–water partition coefficient (Wildman–Crippen LogP) is 2.68. The van der Waals surface area contributed by atoms with Crippen LogP contribution < -0.4 is 0 Å². The first-order valence-electron chi connectivity index (χ1n) is 5.18. The highest BCUT2D eigenvalue weighted by molar-refractivity contribution is 5.92. The van der Waals surface area contributed by atoms with Crippen LogP contribution in [0, 0.1) is 5.41 Å². The average molecular weight is 182 g/mol. The summed E-state index contributed by atoms with van der Waals surface area (Å²) in [5.41, 5.74) is 1.11. The van der Waals surface area contributed by atoms with Crippen LogP contribution in [0.3, 0.4) is 0 Å². The number of hydrogen-bond acceptors (Lipinski definition) is 2. The number of rotatable bonds is 1. The first-order chi connectivity index (χ1) is 5.82. The third-order valence-electron chi connectivity index (χ3n) is 3.33. The summed E-state index contributed by atoms with van der Waals surface area (Å²) in [7, 11) is 0. The molecule has 13 heavy (non-hydrogen) atoms. The molecule has 0 aromatic heterocycles. The van der Waals surface area contributed by atoms with Gasteiger partial charge in [0.1, 0.15) is 0 Å². The third-order valence-corrected chi connectivity index (χ3v) is 3.33. The number of nitrogens with zero attached hydrogens (tertiary/aromatic N) is 1. The third kappa shape index (κ3) is 1.64. The summed E-state index contributed by atoms with van der Waals surface area (Å²) >= 11 is 0. The highest BCUT2D eigenvalue weighted by atomic mass is 15.3. The predicted molar refractivity (Wildman–Crippen MR) is 57.5 cm³/mol. The molecule has 0 radical (unpaired) electrons. The molecule has 1 N–H and O–H groups in total. The SMILES string of the molecule is CCC1(C)C(=N)CCN1C(C)(C)C. The molecule has 0 bridgehead atoms. The molecular weight excluding hydrogens is 160 g/mol. The van der Waals surface area contributed by atoms with Crippen LogP contribution in [0.2, 0.25) is 0 Å². The van der Waals surface area contributed by atoms with Gasteiger partial charge < -0.3 is 5.41 Å². The zero-order chi connectivity index (χ0) is 10.3. The van der Waals surface area contributed by atoms with Crippen molar-refractivity contribution in [3.63, 3.8) is 0 Å². The summed E-state index contributed by atoms with van der Waals surface area (Å²) in [6, 6.07) is 0. The number of likely N-dealkylation sites (tertiary alicyclic amines) is 1. The Morgan fingerprint density at radius 1 is 1.46 bits per heavy atom. The maximum atomic E-state index is 7.97. The maximum absolute atomic E-state index is 7.97. The largest absolute Gasteiger partial charge is 0.308 e. The van der Waals surface area contributed by atoms with E-state index >= 15 is 0 Å². The second-order valence-corrected chi connectivity index (χ2v) is 5.18. The molecule has 0 aromatic carbocycles. The van der Waals surface area contributed by atoms with E-state index in [0.717, 1.165) is 25.1 Å². The molecule has 0 saturated carbocycles. The first kappa shape index (κ1) is 10.7. The van der Waals surface area contributed by atoms with Gasteiger partial charge >= 0.3 is 0 Å². The Balaban J connectivity index is 2.95. The van der Waals surface area contributed by atoms with Crippen LogP contribution in [0.4, 0.5) is 0 Å². The molecule has 1 unspecified atom stereocenters. The van der Waals surface area contributed by atoms with Crippen LogP contribution in [-0.2, 0) is 0 Å². The van der Waals surface area contributed by atoms with Crippen LogP contribution in [-0.4, -0.2) is 28.2 Å². The van der Waals surface area contributed by atoms with Crippen molar-refractivity contribution in [2.24, 2.45) is 0 Å². The van der Waals surface area contributed by atoms with Gasteiger partial charge in [-0.15, -0.1) is 0 Å². The fraction of sp³-hybridized carbons (Fsp3) is 0.909. The molecule has 1 aliphatic heterocycles. The van der Waals surface area contributed by atoms with Gasteiger partial charge in [0.15, 0.2) is 0 Å². The van der Waals surface area contributed by atoms with Gasteiger partial charge in [-0.25, -0.2) is 0 Å². The minimum Gasteiger partial charge on any atom is -0.308 e. The van der Waals surface area contributed by atoms with Crippen LogP contribution in [0.5, 0.6) is 0 Å². The molecule has 1 aliphatic rings. The standard InChI is InChI=1S/C11H22N2/c1-6-11(5)9(12)7-8-13(11)10(2,3)4/h12H,6-8H2,1-5H3. The van der Waals surface area contributed by atoms with Crippen molar-refractivity contribution in [3.05, 3.63) is 0 Å². The van der Waals surface area contributed by atoms with Crippen molar-refractivity contribution in [2.75, 3.05) is 6.54 Å². The van der Waals surface area contributed by atoms with E-state index in [0.29, 0.717) is 0 Å². The van der Waals surface area contributed by atoms with Crippen molar-refractivity contribution in [1.82, 2.24) is 4.90 Å². The van der Waals surface area contributed by atoms with Gasteiger partial charge in [0.05, 0.1) is 5.54 Å². The molecule has 1 atom stereocenters. The van der Waals surface area contributed by atoms with E-state index in [1.54, 1.807) is 0 Å². The molecular formula is C11H22N2. The van der Waals surface area contributed by atoms with E-state index in [-0.39, 0.29) is 11.1 Å². The molecule has 2 nitrogen and oxygen atoms in total. The molecule has 1 fully saturated rings. The lowest BCUT2D eigenvalue weighted by atomic mass is 9.90. The molecule has 1 rings (SSSR count). The molecule has 76 valence electrons. The fourth-order valence-corrected chi connectivity index (χ4v) is 2.38. The molecule has 1 saturated heterocycles. The number of hydrogen-bond donors (Lipinski definition) is 1. The molecule has 0 amide bonds. The Morgan fingerprint density at radius 2 is 2.00 bits per heavy atom. The van der Waals surface area contributed by atoms with E-state index < -0.39 is 0 Å². The fourth-order valence-electron chi connectivity index (χ4n) is 2.38. The van der Waals surface area contributed by atoms with Gasteiger partial charge in [0, 0.05) is 17.8 Å². The Kier molecular flexibility index (Phi) is 2.54. The van der Waals surface area contributed by atoms with Crippen LogP contribution in [0.15, 0.2) is 0 Å². The van der Waals surface area contributed by atoms with Gasteiger partial charge in [-0.05, 0) is 40.5 Å². The van der Waals surface area contributed by atoms with Gasteiger partial charge in [-0.3, -0.25) is 4.90 Å². The summed E-state index contributed by atoms with van der Waals surface area (Å²) in [6.45, 7) is 12.1. The van der Waals surface area contributed by atoms with Crippen LogP contribution in [0.1, 0.15) is 47.5 Å². The van der Waals surface area contributed by atoms with Crippen molar-refractivity contribution < 1.29 is 0 Å². The van der Waals surface area contributed by atoms with Gasteiger partial charge in [-0.2, -0.15) is 0 Å². The Labute approximate surface area is 81.8 Å². The van der Waals surface area contributed by atoms with Crippen molar-refractivity contribution >= 4 is 5.71 Å². The lowest BCUT2D eigenvalue weighted by Crippen LogP contribution is -2.53. The molecule has 0 aromatic rings. The highest BCUT2D eigenvalue weighted by Gasteiger charge is 2.44. The van der Waals surface area contributed by atoms with E-state index in [4.69, 9.17) is 5.41 Å². The Hall–Kier alpha value is -0.370. The van der Waals surface area contributed by atoms with Crippen molar-refractivity contribution in [2.45, 2.75) is 58.5 Å². The second-order valence-electron chi connectivity index (χ2n) is 5.18. The molecule has 2 heteroatoms. The lowest BCUT2D eigenvalue weighted by molar-refractivity contribution is 0.0781. The monoisotopic (exact) mass is 182 g/mol. The molecule has 0 spiro atoms. The van der Waals surface area contributed by atoms with Gasteiger partial charge in [0.2, 0.25) is 0 Å². The highest BCUT2D eigenvalue weighted by Crippen LogP contribution is 2.34. The van der Waals surface area contributed by atoms with E-state index in [1.807, 2.05) is 0 Å². The first-order valence-corrected chi connectivity index (χ1v) is 5.18. The Morgan fingerprint density at radius 3 is 2.31 bits per heavy atom. The normalized spacial score (nSPS) is 31.3. The maximum Gasteiger partial charge on any atom is 0.0560 e. The number of nitrogens with one attached hydrogen (secondary N) is 1. The van der Waals surface area contributed by atoms with Gasteiger partial charge in [0.25, 0.3) is 0 Å². The molecule has 1 heterocycles. The van der Waals surface area contributed by atoms with Crippen LogP contribution in [0.25, 0.3) is 0 Å². The zero-order valence-electron chi connectivity index (χ0n) is 9.57. The van der Waals surface area contributed by atoms with E-state index in [1.165, 1.54) is 0 Å². The van der Waals surface area contributed by atoms with E-state index in [9.17, 15) is 0 Å². The summed E-state index contributed by atoms with van der Waals surface area (Å²) in [6.07, 6.45) is 1.99. The minimum atomic E-state index is 0.0122. The average Bonchev–Trinajstić information content (AvgIpc) is 2.28. The minimum absolute atomic E-state index is 0.0122. The Bertz CT molecular complexity index is 215. The zero-order valence-corrected chi connectivity index (χ0v) is 9.57. The summed E-state index contributed by atoms with van der Waals surface area (Å²) in [5.74, 6) is 0. The smallest absolute Gasteiger partial charge is 0.0560 e. The summed E-state index contributed by atoms with van der Waals surface area (Å²) < 4.78 is 0. The molecule has 0 aliphatic carbocycles. The van der Waals surface area contributed by atoms with Crippen LogP contribution >= 0.6 is 0 Å². The summed E-state index contributed by atoms with van der Waals surface area (Å²) in [5, 5.41) is 7.97. The van der Waals surface area contributed by atoms with Gasteiger partial charge in [-0.1, -0.05) is 6.92 Å². The van der Waals surface area contributed by atoms with Crippen molar-refractivity contribution in [3.8, 4) is 0 Å². The lowest BCUT2D eigenvalue weighted by Gasteiger charge is -2.43. The van der Waals surface area contributed by atoms with Crippen molar-refractivity contribution in [1.29, 1.82) is 5.41 Å². The topological polar surface area (TPSA) is 27.1 Å².